The molecule has 3 aromatic carbocycles. The van der Waals surface area contributed by atoms with Gasteiger partial charge in [0.1, 0.15) is 12.4 Å². The molecule has 0 saturated heterocycles. The zero-order valence-corrected chi connectivity index (χ0v) is 15.8. The van der Waals surface area contributed by atoms with E-state index in [0.29, 0.717) is 19.4 Å². The summed E-state index contributed by atoms with van der Waals surface area (Å²) < 4.78 is 10.6. The Bertz CT molecular complexity index is 898. The van der Waals surface area contributed by atoms with Gasteiger partial charge in [0, 0.05) is 6.42 Å². The van der Waals surface area contributed by atoms with Gasteiger partial charge in [-0.05, 0) is 53.8 Å². The molecule has 0 radical (unpaired) electrons. The predicted molar refractivity (Wildman–Crippen MR) is 108 cm³/mol. The summed E-state index contributed by atoms with van der Waals surface area (Å²) in [4.78, 5) is 11.2. The first-order valence-corrected chi connectivity index (χ1v) is 9.08. The third-order valence-corrected chi connectivity index (χ3v) is 4.45. The first-order chi connectivity index (χ1) is 13.1. The molecule has 0 aliphatic heterocycles. The fraction of sp³-hybridized carbons (Fsp3) is 0.208. The van der Waals surface area contributed by atoms with E-state index < -0.39 is 0 Å². The molecule has 0 aliphatic rings. The van der Waals surface area contributed by atoms with Gasteiger partial charge in [0.25, 0.3) is 0 Å². The largest absolute Gasteiger partial charge is 0.489 e. The van der Waals surface area contributed by atoms with E-state index in [1.54, 1.807) is 0 Å². The van der Waals surface area contributed by atoms with Crippen molar-refractivity contribution in [2.24, 2.45) is 0 Å². The van der Waals surface area contributed by atoms with Gasteiger partial charge in [-0.25, -0.2) is 0 Å². The molecule has 0 saturated carbocycles. The van der Waals surface area contributed by atoms with Crippen molar-refractivity contribution in [2.75, 3.05) is 7.11 Å². The summed E-state index contributed by atoms with van der Waals surface area (Å²) in [6, 6.07) is 24.8. The average molecular weight is 360 g/mol. The van der Waals surface area contributed by atoms with E-state index in [1.165, 1.54) is 23.8 Å². The minimum absolute atomic E-state index is 0.191. The van der Waals surface area contributed by atoms with Crippen molar-refractivity contribution in [3.05, 3.63) is 89.5 Å². The Morgan fingerprint density at radius 3 is 2.26 bits per heavy atom. The summed E-state index contributed by atoms with van der Waals surface area (Å²) in [5, 5.41) is 0. The van der Waals surface area contributed by atoms with Crippen molar-refractivity contribution >= 4 is 5.97 Å². The maximum atomic E-state index is 11.2. The summed E-state index contributed by atoms with van der Waals surface area (Å²) in [6.07, 6.45) is 1.06. The predicted octanol–water partition coefficient (Wildman–Crippen LogP) is 5.35. The lowest BCUT2D eigenvalue weighted by Crippen LogP contribution is -2.02. The van der Waals surface area contributed by atoms with Crippen LogP contribution >= 0.6 is 0 Å². The van der Waals surface area contributed by atoms with Gasteiger partial charge >= 0.3 is 5.97 Å². The lowest BCUT2D eigenvalue weighted by Gasteiger charge is -2.09. The molecule has 3 nitrogen and oxygen atoms in total. The zero-order valence-electron chi connectivity index (χ0n) is 15.8. The summed E-state index contributed by atoms with van der Waals surface area (Å²) in [7, 11) is 1.41. The smallest absolute Gasteiger partial charge is 0.305 e. The minimum Gasteiger partial charge on any atom is -0.489 e. The van der Waals surface area contributed by atoms with E-state index in [-0.39, 0.29) is 5.97 Å². The first kappa shape index (κ1) is 18.7. The monoisotopic (exact) mass is 360 g/mol. The van der Waals surface area contributed by atoms with E-state index in [0.717, 1.165) is 16.9 Å². The van der Waals surface area contributed by atoms with Gasteiger partial charge in [-0.3, -0.25) is 4.79 Å². The molecule has 0 atom stereocenters. The Hall–Kier alpha value is -3.07. The number of aryl methyl sites for hydroxylation is 2. The number of hydrogen-bond donors (Lipinski definition) is 0. The molecule has 0 heterocycles. The SMILES string of the molecule is COC(=O)CCc1ccc(OCc2cccc(-c3cccc(C)c3)c2)cc1. The number of carbonyl (C=O) groups is 1. The fourth-order valence-corrected chi connectivity index (χ4v) is 2.93. The maximum Gasteiger partial charge on any atom is 0.305 e. The molecule has 0 aliphatic carbocycles. The van der Waals surface area contributed by atoms with Crippen molar-refractivity contribution in [2.45, 2.75) is 26.4 Å². The highest BCUT2D eigenvalue weighted by Gasteiger charge is 2.03. The molecule has 138 valence electrons. The Morgan fingerprint density at radius 1 is 0.852 bits per heavy atom. The number of hydrogen-bond acceptors (Lipinski definition) is 3. The van der Waals surface area contributed by atoms with Crippen LogP contribution in [0.15, 0.2) is 72.8 Å². The Labute approximate surface area is 160 Å². The van der Waals surface area contributed by atoms with Crippen LogP contribution in [0.5, 0.6) is 5.75 Å². The van der Waals surface area contributed by atoms with Crippen LogP contribution in [0.4, 0.5) is 0 Å². The highest BCUT2D eigenvalue weighted by molar-refractivity contribution is 5.69. The number of ether oxygens (including phenoxy) is 2. The van der Waals surface area contributed by atoms with Crippen molar-refractivity contribution in [3.63, 3.8) is 0 Å². The molecule has 0 unspecified atom stereocenters. The number of esters is 1. The van der Waals surface area contributed by atoms with Crippen LogP contribution in [0, 0.1) is 6.92 Å². The topological polar surface area (TPSA) is 35.5 Å². The van der Waals surface area contributed by atoms with Crippen molar-refractivity contribution < 1.29 is 14.3 Å². The van der Waals surface area contributed by atoms with Crippen molar-refractivity contribution in [1.29, 1.82) is 0 Å². The quantitative estimate of drug-likeness (QED) is 0.533. The minimum atomic E-state index is -0.191. The van der Waals surface area contributed by atoms with Crippen LogP contribution in [0.2, 0.25) is 0 Å². The fourth-order valence-electron chi connectivity index (χ4n) is 2.93. The third-order valence-electron chi connectivity index (χ3n) is 4.45. The van der Waals surface area contributed by atoms with E-state index in [1.807, 2.05) is 24.3 Å². The van der Waals surface area contributed by atoms with E-state index in [9.17, 15) is 4.79 Å². The average Bonchev–Trinajstić information content (AvgIpc) is 2.71. The molecule has 0 bridgehead atoms. The number of carbonyl (C=O) groups excluding carboxylic acids is 1. The highest BCUT2D eigenvalue weighted by atomic mass is 16.5. The van der Waals surface area contributed by atoms with Gasteiger partial charge in [-0.1, -0.05) is 60.2 Å². The van der Waals surface area contributed by atoms with Gasteiger partial charge in [0.2, 0.25) is 0 Å². The molecular formula is C24H24O3. The highest BCUT2D eigenvalue weighted by Crippen LogP contribution is 2.22. The molecule has 0 N–H and O–H groups in total. The molecule has 3 aromatic rings. The van der Waals surface area contributed by atoms with Crippen LogP contribution in [0.3, 0.4) is 0 Å². The summed E-state index contributed by atoms with van der Waals surface area (Å²) in [5.74, 6) is 0.626. The number of benzene rings is 3. The zero-order chi connectivity index (χ0) is 19.1. The van der Waals surface area contributed by atoms with E-state index in [2.05, 4.69) is 60.2 Å². The molecule has 0 spiro atoms. The van der Waals surface area contributed by atoms with Crippen molar-refractivity contribution in [3.8, 4) is 16.9 Å². The van der Waals surface area contributed by atoms with E-state index >= 15 is 0 Å². The molecule has 3 rings (SSSR count). The van der Waals surface area contributed by atoms with Gasteiger partial charge in [0.05, 0.1) is 7.11 Å². The Kier molecular flexibility index (Phi) is 6.26. The van der Waals surface area contributed by atoms with E-state index in [4.69, 9.17) is 4.74 Å². The van der Waals surface area contributed by atoms with Crippen LogP contribution < -0.4 is 4.74 Å². The van der Waals surface area contributed by atoms with Crippen LogP contribution in [-0.2, 0) is 22.6 Å². The van der Waals surface area contributed by atoms with Gasteiger partial charge in [-0.2, -0.15) is 0 Å². The molecule has 0 aromatic heterocycles. The third kappa shape index (κ3) is 5.45. The van der Waals surface area contributed by atoms with Gasteiger partial charge in [-0.15, -0.1) is 0 Å². The molecule has 27 heavy (non-hydrogen) atoms. The first-order valence-electron chi connectivity index (χ1n) is 9.08. The van der Waals surface area contributed by atoms with Crippen LogP contribution in [0.25, 0.3) is 11.1 Å². The molecule has 0 amide bonds. The Balaban J connectivity index is 1.60. The standard InChI is InChI=1S/C24H24O3/c1-18-5-3-7-21(15-18)22-8-4-6-20(16-22)17-27-23-12-9-19(10-13-23)11-14-24(25)26-2/h3-10,12-13,15-16H,11,14,17H2,1-2H3. The summed E-state index contributed by atoms with van der Waals surface area (Å²) in [6.45, 7) is 2.62. The van der Waals surface area contributed by atoms with Crippen LogP contribution in [0.1, 0.15) is 23.1 Å². The molecule has 0 fully saturated rings. The van der Waals surface area contributed by atoms with Gasteiger partial charge < -0.3 is 9.47 Å². The lowest BCUT2D eigenvalue weighted by molar-refractivity contribution is -0.140. The second-order valence-electron chi connectivity index (χ2n) is 6.58. The number of methoxy groups -OCH3 is 1. The summed E-state index contributed by atoms with van der Waals surface area (Å²) >= 11 is 0. The lowest BCUT2D eigenvalue weighted by atomic mass is 10.0. The normalized spacial score (nSPS) is 10.4. The van der Waals surface area contributed by atoms with Crippen molar-refractivity contribution in [1.82, 2.24) is 0 Å². The second-order valence-corrected chi connectivity index (χ2v) is 6.58. The van der Waals surface area contributed by atoms with Gasteiger partial charge in [0.15, 0.2) is 0 Å². The number of rotatable bonds is 7. The maximum absolute atomic E-state index is 11.2. The molecular weight excluding hydrogens is 336 g/mol. The second kappa shape index (κ2) is 9.04. The Morgan fingerprint density at radius 2 is 1.56 bits per heavy atom. The van der Waals surface area contributed by atoms with Crippen LogP contribution in [-0.4, -0.2) is 13.1 Å². The molecule has 3 heteroatoms. The summed E-state index contributed by atoms with van der Waals surface area (Å²) in [5.41, 5.74) is 5.88.